The second kappa shape index (κ2) is 5.86. The number of nitrogens with one attached hydrogen (secondary N) is 1. The molecule has 1 heterocycles. The van der Waals surface area contributed by atoms with Gasteiger partial charge < -0.3 is 10.1 Å². The molecule has 16 heavy (non-hydrogen) atoms. The molecule has 1 atom stereocenters. The van der Waals surface area contributed by atoms with Crippen LogP contribution in [0.4, 0.5) is 5.69 Å². The minimum atomic E-state index is -0.300. The molecule has 1 unspecified atom stereocenters. The van der Waals surface area contributed by atoms with Crippen LogP contribution in [0.25, 0.3) is 0 Å². The van der Waals surface area contributed by atoms with Crippen molar-refractivity contribution >= 4 is 17.3 Å². The van der Waals surface area contributed by atoms with E-state index in [4.69, 9.17) is 16.3 Å². The maximum Gasteiger partial charge on any atom is 0.287 e. The van der Waals surface area contributed by atoms with Crippen molar-refractivity contribution in [3.63, 3.8) is 0 Å². The smallest absolute Gasteiger partial charge is 0.287 e. The van der Waals surface area contributed by atoms with Crippen LogP contribution in [0.15, 0.2) is 11.0 Å². The topological polar surface area (TPSA) is 56.1 Å². The molecule has 0 bridgehead atoms. The summed E-state index contributed by atoms with van der Waals surface area (Å²) in [5, 5.41) is 7.14. The summed E-state index contributed by atoms with van der Waals surface area (Å²) in [6.45, 7) is 3.38. The van der Waals surface area contributed by atoms with Gasteiger partial charge in [-0.2, -0.15) is 5.10 Å². The molecule has 6 heteroatoms. The summed E-state index contributed by atoms with van der Waals surface area (Å²) in [4.78, 5) is 11.5. The summed E-state index contributed by atoms with van der Waals surface area (Å²) >= 11 is 5.89. The molecule has 0 aromatic carbocycles. The summed E-state index contributed by atoms with van der Waals surface area (Å²) in [5.41, 5.74) is 0.263. The van der Waals surface area contributed by atoms with Crippen LogP contribution in [0.5, 0.6) is 0 Å². The SMILES string of the molecule is COCC(C)CNc1cnn(C)c(=O)c1Cl. The van der Waals surface area contributed by atoms with Crippen LogP contribution in [-0.4, -0.2) is 30.0 Å². The number of methoxy groups -OCH3 is 1. The standard InChI is InChI=1S/C10H16ClN3O2/c1-7(6-16-3)4-12-8-5-13-14(2)10(15)9(8)11/h5,7,12H,4,6H2,1-3H3. The minimum absolute atomic E-state index is 0.169. The Morgan fingerprint density at radius 3 is 3.00 bits per heavy atom. The minimum Gasteiger partial charge on any atom is -0.384 e. The zero-order valence-corrected chi connectivity index (χ0v) is 10.4. The number of halogens is 1. The molecule has 0 aliphatic rings. The lowest BCUT2D eigenvalue weighted by Gasteiger charge is -2.13. The van der Waals surface area contributed by atoms with Crippen molar-refractivity contribution in [1.82, 2.24) is 9.78 Å². The van der Waals surface area contributed by atoms with E-state index in [0.29, 0.717) is 24.8 Å². The Hall–Kier alpha value is -1.07. The van der Waals surface area contributed by atoms with Crippen LogP contribution < -0.4 is 10.9 Å². The van der Waals surface area contributed by atoms with Crippen LogP contribution in [0.2, 0.25) is 5.02 Å². The van der Waals surface area contributed by atoms with Crippen LogP contribution in [0.3, 0.4) is 0 Å². The first-order valence-electron chi connectivity index (χ1n) is 5.01. The highest BCUT2D eigenvalue weighted by Gasteiger charge is 2.08. The lowest BCUT2D eigenvalue weighted by Crippen LogP contribution is -2.23. The number of aryl methyl sites for hydroxylation is 1. The summed E-state index contributed by atoms with van der Waals surface area (Å²) in [6, 6.07) is 0. The Morgan fingerprint density at radius 2 is 2.38 bits per heavy atom. The monoisotopic (exact) mass is 245 g/mol. The second-order valence-corrected chi connectivity index (χ2v) is 4.12. The van der Waals surface area contributed by atoms with Gasteiger partial charge in [0.25, 0.3) is 5.56 Å². The fraction of sp³-hybridized carbons (Fsp3) is 0.600. The molecule has 0 amide bonds. The van der Waals surface area contributed by atoms with E-state index in [-0.39, 0.29) is 10.6 Å². The average Bonchev–Trinajstić information content (AvgIpc) is 2.25. The van der Waals surface area contributed by atoms with Crippen LogP contribution in [0.1, 0.15) is 6.92 Å². The Morgan fingerprint density at radius 1 is 1.69 bits per heavy atom. The zero-order chi connectivity index (χ0) is 12.1. The number of hydrogen-bond acceptors (Lipinski definition) is 4. The fourth-order valence-corrected chi connectivity index (χ4v) is 1.50. The van der Waals surface area contributed by atoms with Gasteiger partial charge in [-0.05, 0) is 5.92 Å². The van der Waals surface area contributed by atoms with Gasteiger partial charge in [0.2, 0.25) is 0 Å². The third-order valence-corrected chi connectivity index (χ3v) is 2.54. The molecule has 1 N–H and O–H groups in total. The Labute approximate surface area is 99.4 Å². The van der Waals surface area contributed by atoms with Crippen molar-refractivity contribution in [2.75, 3.05) is 25.6 Å². The Balaban J connectivity index is 2.68. The summed E-state index contributed by atoms with van der Waals surface area (Å²) in [7, 11) is 3.22. The number of aromatic nitrogens is 2. The molecule has 1 aromatic heterocycles. The Kier molecular flexibility index (Phi) is 4.76. The second-order valence-electron chi connectivity index (χ2n) is 3.74. The molecule has 0 saturated carbocycles. The van der Waals surface area contributed by atoms with Gasteiger partial charge in [-0.25, -0.2) is 4.68 Å². The van der Waals surface area contributed by atoms with Crippen molar-refractivity contribution in [3.8, 4) is 0 Å². The highest BCUT2D eigenvalue weighted by atomic mass is 35.5. The first-order valence-corrected chi connectivity index (χ1v) is 5.38. The first kappa shape index (κ1) is 13.0. The molecular formula is C10H16ClN3O2. The molecule has 1 aromatic rings. The maximum atomic E-state index is 11.5. The fourth-order valence-electron chi connectivity index (χ4n) is 1.26. The highest BCUT2D eigenvalue weighted by molar-refractivity contribution is 6.32. The van der Waals surface area contributed by atoms with E-state index in [0.717, 1.165) is 0 Å². The third kappa shape index (κ3) is 3.21. The van der Waals surface area contributed by atoms with Crippen molar-refractivity contribution in [3.05, 3.63) is 21.6 Å². The Bertz CT molecular complexity index is 406. The predicted molar refractivity (Wildman–Crippen MR) is 64.0 cm³/mol. The van der Waals surface area contributed by atoms with Crippen LogP contribution in [0, 0.1) is 5.92 Å². The summed E-state index contributed by atoms with van der Waals surface area (Å²) in [5.74, 6) is 0.338. The number of nitrogens with zero attached hydrogens (tertiary/aromatic N) is 2. The van der Waals surface area contributed by atoms with E-state index in [9.17, 15) is 4.79 Å². The lowest BCUT2D eigenvalue weighted by molar-refractivity contribution is 0.164. The number of rotatable bonds is 5. The molecule has 0 aliphatic heterocycles. The molecule has 0 fully saturated rings. The molecular weight excluding hydrogens is 230 g/mol. The van der Waals surface area contributed by atoms with Gasteiger partial charge in [-0.15, -0.1) is 0 Å². The van der Waals surface area contributed by atoms with E-state index in [1.165, 1.54) is 4.68 Å². The quantitative estimate of drug-likeness (QED) is 0.845. The van der Waals surface area contributed by atoms with Gasteiger partial charge in [0, 0.05) is 20.7 Å². The number of ether oxygens (including phenoxy) is 1. The van der Waals surface area contributed by atoms with Crippen LogP contribution >= 0.6 is 11.6 Å². The lowest BCUT2D eigenvalue weighted by atomic mass is 10.2. The molecule has 1 rings (SSSR count). The molecule has 5 nitrogen and oxygen atoms in total. The van der Waals surface area contributed by atoms with Crippen LogP contribution in [-0.2, 0) is 11.8 Å². The third-order valence-electron chi connectivity index (χ3n) is 2.17. The molecule has 0 radical (unpaired) electrons. The van der Waals surface area contributed by atoms with Gasteiger partial charge in [0.15, 0.2) is 0 Å². The van der Waals surface area contributed by atoms with Gasteiger partial charge >= 0.3 is 0 Å². The molecule has 0 spiro atoms. The normalized spacial score (nSPS) is 12.5. The van der Waals surface area contributed by atoms with Crippen molar-refractivity contribution in [2.24, 2.45) is 13.0 Å². The predicted octanol–water partition coefficient (Wildman–Crippen LogP) is 1.13. The largest absolute Gasteiger partial charge is 0.384 e. The van der Waals surface area contributed by atoms with Crippen molar-refractivity contribution in [2.45, 2.75) is 6.92 Å². The average molecular weight is 246 g/mol. The van der Waals surface area contributed by atoms with E-state index >= 15 is 0 Å². The van der Waals surface area contributed by atoms with E-state index < -0.39 is 0 Å². The maximum absolute atomic E-state index is 11.5. The van der Waals surface area contributed by atoms with Gasteiger partial charge in [-0.3, -0.25) is 4.79 Å². The van der Waals surface area contributed by atoms with E-state index in [1.54, 1.807) is 20.4 Å². The zero-order valence-electron chi connectivity index (χ0n) is 9.66. The molecule has 0 saturated heterocycles. The van der Waals surface area contributed by atoms with Crippen molar-refractivity contribution in [1.29, 1.82) is 0 Å². The highest BCUT2D eigenvalue weighted by Crippen LogP contribution is 2.15. The van der Waals surface area contributed by atoms with Gasteiger partial charge in [0.1, 0.15) is 5.02 Å². The number of anilines is 1. The van der Waals surface area contributed by atoms with E-state index in [2.05, 4.69) is 10.4 Å². The molecule has 90 valence electrons. The van der Waals surface area contributed by atoms with Gasteiger partial charge in [-0.1, -0.05) is 18.5 Å². The van der Waals surface area contributed by atoms with Gasteiger partial charge in [0.05, 0.1) is 18.5 Å². The number of hydrogen-bond donors (Lipinski definition) is 1. The summed E-state index contributed by atoms with van der Waals surface area (Å²) in [6.07, 6.45) is 1.54. The van der Waals surface area contributed by atoms with E-state index in [1.807, 2.05) is 6.92 Å². The molecule has 0 aliphatic carbocycles. The summed E-state index contributed by atoms with van der Waals surface area (Å²) < 4.78 is 6.21. The van der Waals surface area contributed by atoms with Crippen molar-refractivity contribution < 1.29 is 4.74 Å². The first-order chi connectivity index (χ1) is 7.56.